The molecular formula is C32H22N2+2. The van der Waals surface area contributed by atoms with Crippen molar-refractivity contribution in [1.82, 2.24) is 4.48 Å². The third kappa shape index (κ3) is 2.03. The summed E-state index contributed by atoms with van der Waals surface area (Å²) in [5.74, 6) is 0. The van der Waals surface area contributed by atoms with Crippen LogP contribution in [0.3, 0.4) is 0 Å². The van der Waals surface area contributed by atoms with Gasteiger partial charge in [-0.25, -0.2) is 0 Å². The lowest BCUT2D eigenvalue weighted by Crippen LogP contribution is -2.54. The van der Waals surface area contributed by atoms with Crippen LogP contribution in [0.5, 0.6) is 0 Å². The van der Waals surface area contributed by atoms with E-state index in [0.29, 0.717) is 4.48 Å². The highest BCUT2D eigenvalue weighted by atomic mass is 15.5. The summed E-state index contributed by atoms with van der Waals surface area (Å²) in [6.07, 6.45) is 0.0852. The number of nitrogens with zero attached hydrogens (tertiary/aromatic N) is 2. The van der Waals surface area contributed by atoms with Crippen LogP contribution in [-0.2, 0) is 0 Å². The van der Waals surface area contributed by atoms with Crippen LogP contribution in [0.4, 0.5) is 17.1 Å². The molecule has 1 aromatic heterocycles. The molecular weight excluding hydrogens is 412 g/mol. The van der Waals surface area contributed by atoms with Crippen LogP contribution in [0.15, 0.2) is 127 Å². The number of fused-ring (bicyclic) bond motifs is 5. The van der Waals surface area contributed by atoms with Gasteiger partial charge in [-0.1, -0.05) is 66.7 Å². The van der Waals surface area contributed by atoms with Crippen molar-refractivity contribution in [3.63, 3.8) is 0 Å². The molecule has 0 aliphatic carbocycles. The minimum Gasteiger partial charge on any atom is -0.164 e. The van der Waals surface area contributed by atoms with Crippen LogP contribution in [0.25, 0.3) is 32.9 Å². The SMILES string of the molecule is c1ccc([N+]2(c3ccccc3)c3cccc4ccc5c(c34)C2[n+]2c-5ccc3ccccc32)cc1. The quantitative estimate of drug-likeness (QED) is 0.193. The first kappa shape index (κ1) is 18.2. The summed E-state index contributed by atoms with van der Waals surface area (Å²) in [5, 5.41) is 3.97. The molecule has 1 unspecified atom stereocenters. The van der Waals surface area contributed by atoms with E-state index in [-0.39, 0.29) is 6.17 Å². The lowest BCUT2D eigenvalue weighted by molar-refractivity contribution is -0.685. The molecule has 34 heavy (non-hydrogen) atoms. The van der Waals surface area contributed by atoms with E-state index in [1.807, 2.05) is 0 Å². The molecule has 2 nitrogen and oxygen atoms in total. The van der Waals surface area contributed by atoms with Gasteiger partial charge in [-0.2, -0.15) is 4.48 Å². The van der Waals surface area contributed by atoms with Crippen LogP contribution in [0.2, 0.25) is 0 Å². The van der Waals surface area contributed by atoms with E-state index < -0.39 is 0 Å². The van der Waals surface area contributed by atoms with Crippen molar-refractivity contribution in [2.75, 3.05) is 0 Å². The molecule has 2 aliphatic heterocycles. The zero-order valence-electron chi connectivity index (χ0n) is 18.6. The molecule has 5 aromatic carbocycles. The van der Waals surface area contributed by atoms with Gasteiger partial charge in [0, 0.05) is 47.9 Å². The zero-order chi connectivity index (χ0) is 22.3. The Labute approximate surface area is 198 Å². The van der Waals surface area contributed by atoms with Gasteiger partial charge in [-0.3, -0.25) is 0 Å². The van der Waals surface area contributed by atoms with Crippen LogP contribution in [-0.4, -0.2) is 0 Å². The number of para-hydroxylation sites is 3. The number of quaternary nitrogens is 1. The normalized spacial score (nSPS) is 16.8. The molecule has 0 spiro atoms. The van der Waals surface area contributed by atoms with Crippen LogP contribution in [0, 0.1) is 0 Å². The largest absolute Gasteiger partial charge is 0.328 e. The molecule has 1 atom stereocenters. The third-order valence-electron chi connectivity index (χ3n) is 7.79. The second-order valence-electron chi connectivity index (χ2n) is 9.32. The van der Waals surface area contributed by atoms with Gasteiger partial charge in [0.1, 0.15) is 16.9 Å². The maximum absolute atomic E-state index is 2.60. The van der Waals surface area contributed by atoms with Crippen molar-refractivity contribution >= 4 is 38.7 Å². The van der Waals surface area contributed by atoms with Gasteiger partial charge in [0.15, 0.2) is 5.69 Å². The van der Waals surface area contributed by atoms with Gasteiger partial charge in [-0.15, -0.1) is 4.57 Å². The Morgan fingerprint density at radius 3 is 1.94 bits per heavy atom. The van der Waals surface area contributed by atoms with E-state index in [2.05, 4.69) is 132 Å². The van der Waals surface area contributed by atoms with Crippen LogP contribution < -0.4 is 9.05 Å². The average molecular weight is 435 g/mol. The third-order valence-corrected chi connectivity index (χ3v) is 7.79. The Kier molecular flexibility index (Phi) is 3.43. The molecule has 8 rings (SSSR count). The van der Waals surface area contributed by atoms with Crippen molar-refractivity contribution in [1.29, 1.82) is 0 Å². The second-order valence-corrected chi connectivity index (χ2v) is 9.32. The average Bonchev–Trinajstić information content (AvgIpc) is 3.41. The Morgan fingerprint density at radius 2 is 1.18 bits per heavy atom. The number of benzene rings is 5. The summed E-state index contributed by atoms with van der Waals surface area (Å²) >= 11 is 0. The number of hydrogen-bond donors (Lipinski definition) is 0. The molecule has 0 bridgehead atoms. The number of rotatable bonds is 2. The predicted octanol–water partition coefficient (Wildman–Crippen LogP) is 7.79. The van der Waals surface area contributed by atoms with Gasteiger partial charge in [0.25, 0.3) is 0 Å². The summed E-state index contributed by atoms with van der Waals surface area (Å²) in [5.41, 5.74) is 9.27. The first-order valence-corrected chi connectivity index (χ1v) is 11.9. The fourth-order valence-electron chi connectivity index (χ4n) is 6.55. The van der Waals surface area contributed by atoms with Gasteiger partial charge in [0.2, 0.25) is 11.2 Å². The molecule has 0 fully saturated rings. The summed E-state index contributed by atoms with van der Waals surface area (Å²) in [7, 11) is 0. The predicted molar refractivity (Wildman–Crippen MR) is 139 cm³/mol. The number of hydrogen-bond acceptors (Lipinski definition) is 0. The minimum atomic E-state index is 0.0852. The Balaban J connectivity index is 1.64. The van der Waals surface area contributed by atoms with E-state index in [1.54, 1.807) is 0 Å². The molecule has 0 amide bonds. The van der Waals surface area contributed by atoms with Crippen molar-refractivity contribution in [2.24, 2.45) is 0 Å². The van der Waals surface area contributed by atoms with Crippen molar-refractivity contribution in [3.8, 4) is 11.3 Å². The van der Waals surface area contributed by atoms with Gasteiger partial charge in [-0.05, 0) is 23.6 Å². The monoisotopic (exact) mass is 434 g/mol. The van der Waals surface area contributed by atoms with E-state index in [0.717, 1.165) is 0 Å². The molecule has 6 aromatic rings. The molecule has 2 heteroatoms. The summed E-state index contributed by atoms with van der Waals surface area (Å²) in [6, 6.07) is 46.9. The zero-order valence-corrected chi connectivity index (χ0v) is 18.6. The van der Waals surface area contributed by atoms with Crippen LogP contribution >= 0.6 is 0 Å². The number of aromatic nitrogens is 1. The van der Waals surface area contributed by atoms with Crippen molar-refractivity contribution in [3.05, 3.63) is 133 Å². The van der Waals surface area contributed by atoms with E-state index in [4.69, 9.17) is 0 Å². The maximum atomic E-state index is 2.60. The van der Waals surface area contributed by atoms with Gasteiger partial charge in [0.05, 0.1) is 10.9 Å². The molecule has 158 valence electrons. The minimum absolute atomic E-state index is 0.0852. The highest BCUT2D eigenvalue weighted by Gasteiger charge is 2.62. The first-order valence-electron chi connectivity index (χ1n) is 11.9. The standard InChI is InChI=1S/C32H22N2/c1-3-12-24(13-4-1)34(25-14-5-2-6-15-25)29-17-9-11-23-18-20-26-28-21-19-22-10-7-8-16-27(22)33(28)32(34)31(26)30(23)29/h1-21,32H/q+2. The van der Waals surface area contributed by atoms with Crippen molar-refractivity contribution < 1.29 is 4.57 Å². The topological polar surface area (TPSA) is 3.88 Å². The second kappa shape index (κ2) is 6.40. The first-order chi connectivity index (χ1) is 16.9. The highest BCUT2D eigenvalue weighted by molar-refractivity contribution is 6.06. The Bertz CT molecular complexity index is 1710. The number of pyridine rings is 1. The molecule has 0 radical (unpaired) electrons. The molecule has 0 N–H and O–H groups in total. The fraction of sp³-hybridized carbons (Fsp3) is 0.0312. The Morgan fingerprint density at radius 1 is 0.529 bits per heavy atom. The summed E-state index contributed by atoms with van der Waals surface area (Å²) in [4.78, 5) is 0. The molecule has 3 heterocycles. The fourth-order valence-corrected chi connectivity index (χ4v) is 6.55. The smallest absolute Gasteiger partial charge is 0.164 e. The summed E-state index contributed by atoms with van der Waals surface area (Å²) < 4.78 is 3.25. The van der Waals surface area contributed by atoms with Crippen LogP contribution in [0.1, 0.15) is 11.7 Å². The lowest BCUT2D eigenvalue weighted by Gasteiger charge is -2.35. The Hall–Kier alpha value is -4.27. The summed E-state index contributed by atoms with van der Waals surface area (Å²) in [6.45, 7) is 0. The van der Waals surface area contributed by atoms with E-state index in [9.17, 15) is 0 Å². The van der Waals surface area contributed by atoms with Gasteiger partial charge < -0.3 is 0 Å². The van der Waals surface area contributed by atoms with Crippen molar-refractivity contribution in [2.45, 2.75) is 6.17 Å². The molecule has 0 saturated heterocycles. The van der Waals surface area contributed by atoms with E-state index >= 15 is 0 Å². The maximum Gasteiger partial charge on any atom is 0.328 e. The highest BCUT2D eigenvalue weighted by Crippen LogP contribution is 2.62. The molecule has 0 saturated carbocycles. The van der Waals surface area contributed by atoms with E-state index in [1.165, 1.54) is 55.6 Å². The van der Waals surface area contributed by atoms with Gasteiger partial charge >= 0.3 is 6.17 Å². The lowest BCUT2D eigenvalue weighted by atomic mass is 9.99. The molecule has 2 aliphatic rings.